The van der Waals surface area contributed by atoms with Crippen molar-refractivity contribution in [2.45, 2.75) is 4.90 Å². The zero-order valence-electron chi connectivity index (χ0n) is 9.21. The molecule has 1 aliphatic heterocycles. The van der Waals surface area contributed by atoms with E-state index in [1.54, 1.807) is 0 Å². The van der Waals surface area contributed by atoms with E-state index < -0.39 is 0 Å². The number of hydrogen-bond acceptors (Lipinski definition) is 2. The summed E-state index contributed by atoms with van der Waals surface area (Å²) in [5, 5.41) is 0. The highest BCUT2D eigenvalue weighted by molar-refractivity contribution is 7.98. The smallest absolute Gasteiger partial charge is 0.0384 e. The number of rotatable bonds is 1. The van der Waals surface area contributed by atoms with Crippen LogP contribution in [0.15, 0.2) is 70.0 Å². The van der Waals surface area contributed by atoms with E-state index in [4.69, 9.17) is 0 Å². The summed E-state index contributed by atoms with van der Waals surface area (Å²) in [6.45, 7) is 0. The Bertz CT molecular complexity index is 585. The molecule has 0 atom stereocenters. The van der Waals surface area contributed by atoms with Gasteiger partial charge in [-0.1, -0.05) is 48.5 Å². The predicted octanol–water partition coefficient (Wildman–Crippen LogP) is 4.21. The minimum absolute atomic E-state index is 1.20. The summed E-state index contributed by atoms with van der Waals surface area (Å²) in [4.78, 5) is 1.20. The van der Waals surface area contributed by atoms with Crippen molar-refractivity contribution in [3.8, 4) is 0 Å². The molecule has 82 valence electrons. The SMILES string of the molecule is C1=NSc2ccccc2C(c2ccccc2)=C1. The van der Waals surface area contributed by atoms with Crippen LogP contribution in [0.25, 0.3) is 5.57 Å². The second-order valence-corrected chi connectivity index (χ2v) is 4.62. The number of fused-ring (bicyclic) bond motifs is 1. The molecule has 0 aromatic heterocycles. The average Bonchev–Trinajstić information content (AvgIpc) is 2.62. The van der Waals surface area contributed by atoms with Gasteiger partial charge in [0.25, 0.3) is 0 Å². The molecule has 0 N–H and O–H groups in total. The third kappa shape index (κ3) is 2.04. The van der Waals surface area contributed by atoms with Crippen molar-refractivity contribution in [3.05, 3.63) is 71.8 Å². The van der Waals surface area contributed by atoms with Crippen LogP contribution in [-0.2, 0) is 0 Å². The summed E-state index contributed by atoms with van der Waals surface area (Å²) >= 11 is 1.53. The number of benzene rings is 2. The highest BCUT2D eigenvalue weighted by Crippen LogP contribution is 2.33. The lowest BCUT2D eigenvalue weighted by molar-refractivity contribution is 1.39. The fraction of sp³-hybridized carbons (Fsp3) is 0. The lowest BCUT2D eigenvalue weighted by Crippen LogP contribution is -1.89. The van der Waals surface area contributed by atoms with Gasteiger partial charge in [0, 0.05) is 23.1 Å². The number of nitrogens with zero attached hydrogens (tertiary/aromatic N) is 1. The molecular weight excluding hydrogens is 226 g/mol. The zero-order valence-corrected chi connectivity index (χ0v) is 10.0. The summed E-state index contributed by atoms with van der Waals surface area (Å²) in [6, 6.07) is 18.8. The third-order valence-electron chi connectivity index (χ3n) is 2.72. The molecule has 0 bridgehead atoms. The van der Waals surface area contributed by atoms with Gasteiger partial charge in [0.1, 0.15) is 0 Å². The summed E-state index contributed by atoms with van der Waals surface area (Å²) in [7, 11) is 0. The predicted molar refractivity (Wildman–Crippen MR) is 74.3 cm³/mol. The van der Waals surface area contributed by atoms with Gasteiger partial charge in [0.05, 0.1) is 0 Å². The van der Waals surface area contributed by atoms with Crippen molar-refractivity contribution in [1.29, 1.82) is 0 Å². The molecule has 0 amide bonds. The van der Waals surface area contributed by atoms with E-state index in [-0.39, 0.29) is 0 Å². The molecule has 0 spiro atoms. The summed E-state index contributed by atoms with van der Waals surface area (Å²) < 4.78 is 4.30. The average molecular weight is 237 g/mol. The molecule has 0 unspecified atom stereocenters. The minimum Gasteiger partial charge on any atom is -0.219 e. The third-order valence-corrected chi connectivity index (χ3v) is 3.49. The molecule has 2 aromatic carbocycles. The molecule has 0 saturated carbocycles. The maximum Gasteiger partial charge on any atom is 0.0384 e. The maximum atomic E-state index is 4.30. The van der Waals surface area contributed by atoms with Crippen molar-refractivity contribution in [2.75, 3.05) is 0 Å². The Hall–Kier alpha value is -1.80. The van der Waals surface area contributed by atoms with Crippen LogP contribution < -0.4 is 0 Å². The highest BCUT2D eigenvalue weighted by Gasteiger charge is 2.10. The Kier molecular flexibility index (Phi) is 2.80. The van der Waals surface area contributed by atoms with Crippen molar-refractivity contribution in [3.63, 3.8) is 0 Å². The Balaban J connectivity index is 2.18. The summed E-state index contributed by atoms with van der Waals surface area (Å²) in [5.41, 5.74) is 3.71. The zero-order chi connectivity index (χ0) is 11.5. The largest absolute Gasteiger partial charge is 0.219 e. The van der Waals surface area contributed by atoms with Crippen LogP contribution >= 0.6 is 11.9 Å². The van der Waals surface area contributed by atoms with E-state index in [1.807, 2.05) is 12.3 Å². The standard InChI is InChI=1S/C15H11NS/c1-2-6-12(7-3-1)13-10-11-16-17-15-9-5-4-8-14(13)15/h1-11H. The molecule has 1 heterocycles. The van der Waals surface area contributed by atoms with Crippen LogP contribution in [-0.4, -0.2) is 6.21 Å². The first-order valence-corrected chi connectivity index (χ1v) is 6.28. The molecule has 2 aromatic rings. The fourth-order valence-electron chi connectivity index (χ4n) is 1.92. The van der Waals surface area contributed by atoms with Gasteiger partial charge in [0.2, 0.25) is 0 Å². The number of hydrogen-bond donors (Lipinski definition) is 0. The van der Waals surface area contributed by atoms with E-state index in [0.717, 1.165) is 0 Å². The van der Waals surface area contributed by atoms with Crippen molar-refractivity contribution in [2.24, 2.45) is 4.40 Å². The monoisotopic (exact) mass is 237 g/mol. The van der Waals surface area contributed by atoms with Crippen LogP contribution in [0, 0.1) is 0 Å². The maximum absolute atomic E-state index is 4.30. The Morgan fingerprint density at radius 3 is 2.47 bits per heavy atom. The van der Waals surface area contributed by atoms with Gasteiger partial charge >= 0.3 is 0 Å². The van der Waals surface area contributed by atoms with Gasteiger partial charge < -0.3 is 0 Å². The molecule has 2 heteroatoms. The fourth-order valence-corrected chi connectivity index (χ4v) is 2.57. The second-order valence-electron chi connectivity index (χ2n) is 3.79. The van der Waals surface area contributed by atoms with Crippen LogP contribution in [0.1, 0.15) is 11.1 Å². The Morgan fingerprint density at radius 2 is 1.59 bits per heavy atom. The van der Waals surface area contributed by atoms with E-state index in [0.29, 0.717) is 0 Å². The van der Waals surface area contributed by atoms with E-state index >= 15 is 0 Å². The molecule has 3 rings (SSSR count). The van der Waals surface area contributed by atoms with E-state index in [1.165, 1.54) is 33.5 Å². The first-order valence-electron chi connectivity index (χ1n) is 5.50. The summed E-state index contributed by atoms with van der Waals surface area (Å²) in [6.07, 6.45) is 3.95. The molecular formula is C15H11NS. The molecule has 1 aliphatic rings. The lowest BCUT2D eigenvalue weighted by atomic mass is 9.98. The molecule has 17 heavy (non-hydrogen) atoms. The Labute approximate surface area is 105 Å². The van der Waals surface area contributed by atoms with Crippen LogP contribution in [0.5, 0.6) is 0 Å². The van der Waals surface area contributed by atoms with E-state index in [9.17, 15) is 0 Å². The molecule has 0 fully saturated rings. The number of allylic oxidation sites excluding steroid dienone is 1. The molecule has 0 saturated heterocycles. The lowest BCUT2D eigenvalue weighted by Gasteiger charge is -2.09. The highest BCUT2D eigenvalue weighted by atomic mass is 32.2. The molecule has 0 radical (unpaired) electrons. The van der Waals surface area contributed by atoms with Gasteiger partial charge in [0.15, 0.2) is 0 Å². The van der Waals surface area contributed by atoms with Gasteiger partial charge in [-0.2, -0.15) is 0 Å². The van der Waals surface area contributed by atoms with Gasteiger partial charge in [-0.3, -0.25) is 0 Å². The van der Waals surface area contributed by atoms with Crippen molar-refractivity contribution >= 4 is 23.7 Å². The molecule has 0 aliphatic carbocycles. The topological polar surface area (TPSA) is 12.4 Å². The van der Waals surface area contributed by atoms with Gasteiger partial charge in [-0.15, -0.1) is 0 Å². The normalized spacial score (nSPS) is 13.8. The quantitative estimate of drug-likeness (QED) is 0.677. The van der Waals surface area contributed by atoms with Crippen LogP contribution in [0.2, 0.25) is 0 Å². The van der Waals surface area contributed by atoms with Gasteiger partial charge in [-0.25, -0.2) is 4.40 Å². The van der Waals surface area contributed by atoms with Crippen LogP contribution in [0.4, 0.5) is 0 Å². The summed E-state index contributed by atoms with van der Waals surface area (Å²) in [5.74, 6) is 0. The van der Waals surface area contributed by atoms with Crippen molar-refractivity contribution in [1.82, 2.24) is 0 Å². The van der Waals surface area contributed by atoms with Crippen molar-refractivity contribution < 1.29 is 0 Å². The second kappa shape index (κ2) is 4.60. The Morgan fingerprint density at radius 1 is 0.824 bits per heavy atom. The first kappa shape index (κ1) is 10.4. The minimum atomic E-state index is 1.20. The van der Waals surface area contributed by atoms with E-state index in [2.05, 4.69) is 59.0 Å². The molecule has 1 nitrogen and oxygen atoms in total. The van der Waals surface area contributed by atoms with Gasteiger partial charge in [-0.05, 0) is 28.8 Å². The van der Waals surface area contributed by atoms with Crippen LogP contribution in [0.3, 0.4) is 0 Å². The first-order chi connectivity index (χ1) is 8.45.